The zero-order chi connectivity index (χ0) is 19.2. The predicted octanol–water partition coefficient (Wildman–Crippen LogP) is 4.22. The zero-order valence-electron chi connectivity index (χ0n) is 15.6. The van der Waals surface area contributed by atoms with E-state index in [-0.39, 0.29) is 17.7 Å². The van der Waals surface area contributed by atoms with Crippen LogP contribution in [0.3, 0.4) is 0 Å². The fraction of sp³-hybridized carbons (Fsp3) is 0.381. The molecule has 1 N–H and O–H groups in total. The third kappa shape index (κ3) is 5.99. The highest BCUT2D eigenvalue weighted by Gasteiger charge is 2.15. The van der Waals surface area contributed by atoms with Gasteiger partial charge in [0.2, 0.25) is 0 Å². The third-order valence-corrected chi connectivity index (χ3v) is 5.93. The number of hydrogen-bond acceptors (Lipinski definition) is 3. The summed E-state index contributed by atoms with van der Waals surface area (Å²) in [5.74, 6) is 0.405. The van der Waals surface area contributed by atoms with E-state index in [2.05, 4.69) is 19.2 Å². The van der Waals surface area contributed by atoms with Gasteiger partial charge in [-0.15, -0.1) is 0 Å². The topological polar surface area (TPSA) is 63.2 Å². The standard InChI is InChI=1S/C21H27NO3S/c1-16(2)9-10-17(3)22-21(23)19-13-11-18(12-14-19)15-26(24,25)20-7-5-4-6-8-20/h4-8,11-14,16-17H,9-10,15H2,1-3H3,(H,22,23)/t17-/m1/s1. The Morgan fingerprint density at radius 2 is 1.54 bits per heavy atom. The van der Waals surface area contributed by atoms with E-state index < -0.39 is 9.84 Å². The summed E-state index contributed by atoms with van der Waals surface area (Å²) in [7, 11) is -3.38. The van der Waals surface area contributed by atoms with E-state index in [1.807, 2.05) is 6.92 Å². The molecular formula is C21H27NO3S. The summed E-state index contributed by atoms with van der Waals surface area (Å²) >= 11 is 0. The summed E-state index contributed by atoms with van der Waals surface area (Å²) in [5.41, 5.74) is 1.21. The number of sulfone groups is 1. The lowest BCUT2D eigenvalue weighted by molar-refractivity contribution is 0.0937. The molecule has 0 heterocycles. The van der Waals surface area contributed by atoms with Crippen molar-refractivity contribution in [1.82, 2.24) is 5.32 Å². The van der Waals surface area contributed by atoms with Crippen molar-refractivity contribution in [3.8, 4) is 0 Å². The summed E-state index contributed by atoms with van der Waals surface area (Å²) in [4.78, 5) is 12.6. The van der Waals surface area contributed by atoms with Crippen LogP contribution in [0, 0.1) is 5.92 Å². The fourth-order valence-electron chi connectivity index (χ4n) is 2.65. The van der Waals surface area contributed by atoms with E-state index in [4.69, 9.17) is 0 Å². The Morgan fingerprint density at radius 1 is 0.923 bits per heavy atom. The van der Waals surface area contributed by atoms with Gasteiger partial charge < -0.3 is 5.32 Å². The van der Waals surface area contributed by atoms with Crippen LogP contribution in [0.1, 0.15) is 49.5 Å². The molecule has 0 bridgehead atoms. The number of hydrogen-bond donors (Lipinski definition) is 1. The quantitative estimate of drug-likeness (QED) is 0.754. The molecule has 0 radical (unpaired) electrons. The highest BCUT2D eigenvalue weighted by Crippen LogP contribution is 2.16. The van der Waals surface area contributed by atoms with Crippen LogP contribution >= 0.6 is 0 Å². The zero-order valence-corrected chi connectivity index (χ0v) is 16.4. The molecule has 0 aliphatic rings. The van der Waals surface area contributed by atoms with Crippen molar-refractivity contribution < 1.29 is 13.2 Å². The van der Waals surface area contributed by atoms with E-state index in [1.54, 1.807) is 54.6 Å². The molecule has 0 aliphatic carbocycles. The van der Waals surface area contributed by atoms with E-state index in [1.165, 1.54) is 0 Å². The molecule has 2 aromatic rings. The number of benzene rings is 2. The van der Waals surface area contributed by atoms with Gasteiger partial charge in [0.1, 0.15) is 0 Å². The molecule has 2 rings (SSSR count). The Kier molecular flexibility index (Phi) is 6.98. The molecule has 0 aromatic heterocycles. The lowest BCUT2D eigenvalue weighted by Gasteiger charge is -2.15. The average Bonchev–Trinajstić information content (AvgIpc) is 2.61. The van der Waals surface area contributed by atoms with Crippen LogP contribution in [-0.2, 0) is 15.6 Å². The molecule has 1 atom stereocenters. The second-order valence-corrected chi connectivity index (χ2v) is 9.10. The SMILES string of the molecule is CC(C)CC[C@@H](C)NC(=O)c1ccc(CS(=O)(=O)c2ccccc2)cc1. The molecule has 0 unspecified atom stereocenters. The van der Waals surface area contributed by atoms with E-state index in [0.29, 0.717) is 21.9 Å². The highest BCUT2D eigenvalue weighted by molar-refractivity contribution is 7.90. The van der Waals surface area contributed by atoms with Crippen LogP contribution in [0.5, 0.6) is 0 Å². The smallest absolute Gasteiger partial charge is 0.251 e. The molecular weight excluding hydrogens is 346 g/mol. The molecule has 140 valence electrons. The van der Waals surface area contributed by atoms with Gasteiger partial charge in [-0.2, -0.15) is 0 Å². The minimum Gasteiger partial charge on any atom is -0.350 e. The largest absolute Gasteiger partial charge is 0.350 e. The van der Waals surface area contributed by atoms with Crippen LogP contribution in [-0.4, -0.2) is 20.4 Å². The van der Waals surface area contributed by atoms with Gasteiger partial charge in [0.25, 0.3) is 5.91 Å². The molecule has 0 saturated heterocycles. The molecule has 0 saturated carbocycles. The maximum absolute atomic E-state index is 12.4. The first kappa shape index (κ1) is 20.2. The maximum Gasteiger partial charge on any atom is 0.251 e. The first-order valence-corrected chi connectivity index (χ1v) is 10.6. The summed E-state index contributed by atoms with van der Waals surface area (Å²) in [6, 6.07) is 15.3. The highest BCUT2D eigenvalue weighted by atomic mass is 32.2. The van der Waals surface area contributed by atoms with Gasteiger partial charge in [-0.05, 0) is 55.5 Å². The molecule has 0 aliphatic heterocycles. The van der Waals surface area contributed by atoms with Gasteiger partial charge in [-0.25, -0.2) is 8.42 Å². The summed E-state index contributed by atoms with van der Waals surface area (Å²) in [6.45, 7) is 6.33. The van der Waals surface area contributed by atoms with Crippen molar-refractivity contribution in [2.24, 2.45) is 5.92 Å². The van der Waals surface area contributed by atoms with Gasteiger partial charge >= 0.3 is 0 Å². The van der Waals surface area contributed by atoms with Crippen molar-refractivity contribution in [3.05, 3.63) is 65.7 Å². The molecule has 1 amide bonds. The summed E-state index contributed by atoms with van der Waals surface area (Å²) < 4.78 is 24.8. The minimum atomic E-state index is -3.38. The molecule has 2 aromatic carbocycles. The van der Waals surface area contributed by atoms with Crippen LogP contribution in [0.15, 0.2) is 59.5 Å². The Hall–Kier alpha value is -2.14. The fourth-order valence-corrected chi connectivity index (χ4v) is 4.02. The van der Waals surface area contributed by atoms with Gasteiger partial charge in [-0.3, -0.25) is 4.79 Å². The second-order valence-electron chi connectivity index (χ2n) is 7.11. The van der Waals surface area contributed by atoms with Gasteiger partial charge in [0, 0.05) is 11.6 Å². The molecule has 4 nitrogen and oxygen atoms in total. The number of carbonyl (C=O) groups excluding carboxylic acids is 1. The van der Waals surface area contributed by atoms with E-state index >= 15 is 0 Å². The minimum absolute atomic E-state index is 0.0797. The Balaban J connectivity index is 1.98. The third-order valence-electron chi connectivity index (χ3n) is 4.23. The first-order chi connectivity index (χ1) is 12.3. The molecule has 5 heteroatoms. The first-order valence-electron chi connectivity index (χ1n) is 8.95. The molecule has 0 spiro atoms. The van der Waals surface area contributed by atoms with Gasteiger partial charge in [-0.1, -0.05) is 44.2 Å². The Labute approximate surface area is 156 Å². The number of rotatable bonds is 8. The van der Waals surface area contributed by atoms with Crippen molar-refractivity contribution >= 4 is 15.7 Å². The summed E-state index contributed by atoms with van der Waals surface area (Å²) in [6.07, 6.45) is 2.01. The van der Waals surface area contributed by atoms with Gasteiger partial charge in [0.15, 0.2) is 9.84 Å². The average molecular weight is 374 g/mol. The lowest BCUT2D eigenvalue weighted by atomic mass is 10.0. The number of carbonyl (C=O) groups is 1. The van der Waals surface area contributed by atoms with Crippen molar-refractivity contribution in [2.75, 3.05) is 0 Å². The Morgan fingerprint density at radius 3 is 2.12 bits per heavy atom. The second kappa shape index (κ2) is 8.99. The predicted molar refractivity (Wildman–Crippen MR) is 105 cm³/mol. The van der Waals surface area contributed by atoms with Crippen LogP contribution in [0.25, 0.3) is 0 Å². The number of amides is 1. The summed E-state index contributed by atoms with van der Waals surface area (Å²) in [5, 5.41) is 2.99. The van der Waals surface area contributed by atoms with E-state index in [0.717, 1.165) is 12.8 Å². The van der Waals surface area contributed by atoms with Gasteiger partial charge in [0.05, 0.1) is 10.6 Å². The van der Waals surface area contributed by atoms with Crippen LogP contribution in [0.2, 0.25) is 0 Å². The van der Waals surface area contributed by atoms with Crippen molar-refractivity contribution in [1.29, 1.82) is 0 Å². The van der Waals surface area contributed by atoms with Crippen LogP contribution < -0.4 is 5.32 Å². The molecule has 0 fully saturated rings. The normalized spacial score (nSPS) is 12.8. The Bertz CT molecular complexity index is 812. The lowest BCUT2D eigenvalue weighted by Crippen LogP contribution is -2.32. The van der Waals surface area contributed by atoms with Crippen molar-refractivity contribution in [2.45, 2.75) is 50.3 Å². The monoisotopic (exact) mass is 373 g/mol. The maximum atomic E-state index is 12.4. The van der Waals surface area contributed by atoms with Crippen molar-refractivity contribution in [3.63, 3.8) is 0 Å². The van der Waals surface area contributed by atoms with E-state index in [9.17, 15) is 13.2 Å². The molecule has 26 heavy (non-hydrogen) atoms. The number of nitrogens with one attached hydrogen (secondary N) is 1. The van der Waals surface area contributed by atoms with Crippen LogP contribution in [0.4, 0.5) is 0 Å².